The molecule has 0 aliphatic heterocycles. The van der Waals surface area contributed by atoms with Gasteiger partial charge in [-0.25, -0.2) is 8.42 Å². The first kappa shape index (κ1) is 14.9. The average molecular weight is 287 g/mol. The largest absolute Gasteiger partial charge is 0.508 e. The van der Waals surface area contributed by atoms with E-state index in [-0.39, 0.29) is 10.6 Å². The molecule has 0 spiro atoms. The van der Waals surface area contributed by atoms with E-state index in [1.165, 1.54) is 12.1 Å². The summed E-state index contributed by atoms with van der Waals surface area (Å²) < 4.78 is 24.9. The highest BCUT2D eigenvalue weighted by Gasteiger charge is 2.27. The van der Waals surface area contributed by atoms with E-state index in [2.05, 4.69) is 0 Å². The van der Waals surface area contributed by atoms with Gasteiger partial charge >= 0.3 is 0 Å². The fourth-order valence-electron chi connectivity index (χ4n) is 1.34. The molecule has 9 heteroatoms. The summed E-state index contributed by atoms with van der Waals surface area (Å²) in [5.41, 5.74) is 9.86. The molecule has 1 aromatic carbocycles. The van der Waals surface area contributed by atoms with Crippen molar-refractivity contribution in [2.24, 2.45) is 11.5 Å². The molecule has 104 valence electrons. The molecule has 0 radical (unpaired) electrons. The summed E-state index contributed by atoms with van der Waals surface area (Å²) >= 11 is 0. The van der Waals surface area contributed by atoms with E-state index in [0.29, 0.717) is 4.31 Å². The summed E-state index contributed by atoms with van der Waals surface area (Å²) in [6.07, 6.45) is 0. The van der Waals surface area contributed by atoms with Crippen LogP contribution in [0.15, 0.2) is 29.2 Å². The van der Waals surface area contributed by atoms with Gasteiger partial charge in [-0.05, 0) is 24.3 Å². The first-order valence-electron chi connectivity index (χ1n) is 5.09. The lowest BCUT2D eigenvalue weighted by molar-refractivity contribution is -0.120. The maximum atomic E-state index is 12.1. The fraction of sp³-hybridized carbons (Fsp3) is 0.200. The summed E-state index contributed by atoms with van der Waals surface area (Å²) in [6, 6.07) is 4.61. The Hall–Kier alpha value is -2.13. The van der Waals surface area contributed by atoms with Gasteiger partial charge in [-0.1, -0.05) is 0 Å². The van der Waals surface area contributed by atoms with E-state index in [1.807, 2.05) is 0 Å². The lowest BCUT2D eigenvalue weighted by Gasteiger charge is -2.19. The third-order valence-electron chi connectivity index (χ3n) is 2.14. The van der Waals surface area contributed by atoms with Crippen molar-refractivity contribution in [3.63, 3.8) is 0 Å². The number of phenols is 1. The van der Waals surface area contributed by atoms with Gasteiger partial charge in [0.25, 0.3) is 0 Å². The Morgan fingerprint density at radius 3 is 1.84 bits per heavy atom. The highest BCUT2D eigenvalue weighted by Crippen LogP contribution is 2.18. The second kappa shape index (κ2) is 5.67. The van der Waals surface area contributed by atoms with Gasteiger partial charge in [0, 0.05) is 0 Å². The van der Waals surface area contributed by atoms with Gasteiger partial charge < -0.3 is 16.6 Å². The van der Waals surface area contributed by atoms with Crippen molar-refractivity contribution < 1.29 is 23.1 Å². The Balaban J connectivity index is 3.14. The minimum atomic E-state index is -4.09. The number of nitrogens with zero attached hydrogens (tertiary/aromatic N) is 1. The molecule has 2 amide bonds. The number of primary amides is 2. The lowest BCUT2D eigenvalue weighted by atomic mass is 10.3. The van der Waals surface area contributed by atoms with E-state index in [0.717, 1.165) is 12.1 Å². The number of nitrogens with two attached hydrogens (primary N) is 2. The molecule has 0 saturated heterocycles. The van der Waals surface area contributed by atoms with Crippen LogP contribution < -0.4 is 11.5 Å². The zero-order chi connectivity index (χ0) is 14.6. The van der Waals surface area contributed by atoms with Gasteiger partial charge in [-0.15, -0.1) is 0 Å². The average Bonchev–Trinajstić information content (AvgIpc) is 2.27. The highest BCUT2D eigenvalue weighted by molar-refractivity contribution is 7.89. The summed E-state index contributed by atoms with van der Waals surface area (Å²) in [6.45, 7) is -1.32. The van der Waals surface area contributed by atoms with Crippen LogP contribution in [0.1, 0.15) is 0 Å². The number of phenolic OH excluding ortho intramolecular Hbond substituents is 1. The van der Waals surface area contributed by atoms with E-state index in [9.17, 15) is 18.0 Å². The Kier molecular flexibility index (Phi) is 4.46. The SMILES string of the molecule is NC(=O)CN(CC(N)=O)S(=O)(=O)c1ccc(O)cc1. The number of carbonyl (C=O) groups excluding carboxylic acids is 2. The third kappa shape index (κ3) is 3.93. The number of aromatic hydroxyl groups is 1. The molecule has 0 fully saturated rings. The molecule has 0 aliphatic rings. The van der Waals surface area contributed by atoms with Crippen molar-refractivity contribution in [1.29, 1.82) is 0 Å². The summed E-state index contributed by atoms with van der Waals surface area (Å²) in [7, 11) is -4.09. The van der Waals surface area contributed by atoms with Crippen molar-refractivity contribution in [1.82, 2.24) is 4.31 Å². The van der Waals surface area contributed by atoms with Gasteiger partial charge in [0.2, 0.25) is 21.8 Å². The second-order valence-electron chi connectivity index (χ2n) is 3.70. The van der Waals surface area contributed by atoms with E-state index >= 15 is 0 Å². The molecule has 0 heterocycles. The number of sulfonamides is 1. The van der Waals surface area contributed by atoms with Gasteiger partial charge in [0.15, 0.2) is 0 Å². The van der Waals surface area contributed by atoms with Crippen molar-refractivity contribution >= 4 is 21.8 Å². The van der Waals surface area contributed by atoms with Crippen LogP contribution in [0.5, 0.6) is 5.75 Å². The van der Waals surface area contributed by atoms with Crippen molar-refractivity contribution in [3.8, 4) is 5.75 Å². The molecule has 19 heavy (non-hydrogen) atoms. The number of hydrogen-bond acceptors (Lipinski definition) is 5. The number of benzene rings is 1. The summed E-state index contributed by atoms with van der Waals surface area (Å²) in [5, 5.41) is 9.10. The molecule has 0 aromatic heterocycles. The van der Waals surface area contributed by atoms with Crippen molar-refractivity contribution in [2.45, 2.75) is 4.90 Å². The predicted octanol–water partition coefficient (Wildman–Crippen LogP) is -1.65. The molecule has 0 bridgehead atoms. The van der Waals surface area contributed by atoms with Crippen LogP contribution in [-0.4, -0.2) is 42.7 Å². The molecule has 0 unspecified atom stereocenters. The van der Waals surface area contributed by atoms with Crippen LogP contribution >= 0.6 is 0 Å². The van der Waals surface area contributed by atoms with Crippen LogP contribution in [-0.2, 0) is 19.6 Å². The minimum Gasteiger partial charge on any atom is -0.508 e. The molecule has 1 rings (SSSR count). The fourth-order valence-corrected chi connectivity index (χ4v) is 2.71. The van der Waals surface area contributed by atoms with E-state index in [1.54, 1.807) is 0 Å². The zero-order valence-electron chi connectivity index (χ0n) is 9.81. The standard InChI is InChI=1S/C10H13N3O5S/c11-9(15)5-13(6-10(12)16)19(17,18)8-3-1-7(14)2-4-8/h1-4,14H,5-6H2,(H2,11,15)(H2,12,16). The highest BCUT2D eigenvalue weighted by atomic mass is 32.2. The van der Waals surface area contributed by atoms with Crippen LogP contribution in [0.25, 0.3) is 0 Å². The second-order valence-corrected chi connectivity index (χ2v) is 5.64. The number of rotatable bonds is 6. The topological polar surface area (TPSA) is 144 Å². The molecular formula is C10H13N3O5S. The number of carbonyl (C=O) groups is 2. The smallest absolute Gasteiger partial charge is 0.244 e. The van der Waals surface area contributed by atoms with Gasteiger partial charge in [-0.2, -0.15) is 4.31 Å². The summed E-state index contributed by atoms with van der Waals surface area (Å²) in [5.74, 6) is -1.94. The van der Waals surface area contributed by atoms with E-state index in [4.69, 9.17) is 16.6 Å². The van der Waals surface area contributed by atoms with Gasteiger partial charge in [0.1, 0.15) is 5.75 Å². The van der Waals surface area contributed by atoms with Gasteiger partial charge in [0.05, 0.1) is 18.0 Å². The zero-order valence-corrected chi connectivity index (χ0v) is 10.6. The Labute approximate surface area is 109 Å². The molecule has 1 aromatic rings. The minimum absolute atomic E-state index is 0.115. The molecule has 8 nitrogen and oxygen atoms in total. The Bertz CT molecular complexity index is 566. The third-order valence-corrected chi connectivity index (χ3v) is 3.94. The van der Waals surface area contributed by atoms with Crippen LogP contribution in [0, 0.1) is 0 Å². The maximum Gasteiger partial charge on any atom is 0.244 e. The molecule has 0 atom stereocenters. The van der Waals surface area contributed by atoms with E-state index < -0.39 is 34.9 Å². The van der Waals surface area contributed by atoms with Crippen molar-refractivity contribution in [3.05, 3.63) is 24.3 Å². The Morgan fingerprint density at radius 2 is 1.47 bits per heavy atom. The quantitative estimate of drug-likeness (QED) is 0.574. The van der Waals surface area contributed by atoms with Crippen molar-refractivity contribution in [2.75, 3.05) is 13.1 Å². The Morgan fingerprint density at radius 1 is 1.05 bits per heavy atom. The predicted molar refractivity (Wildman–Crippen MR) is 65.3 cm³/mol. The molecule has 0 aliphatic carbocycles. The van der Waals surface area contributed by atoms with Crippen LogP contribution in [0.2, 0.25) is 0 Å². The van der Waals surface area contributed by atoms with Gasteiger partial charge in [-0.3, -0.25) is 9.59 Å². The first-order chi connectivity index (χ1) is 8.73. The molecule has 0 saturated carbocycles. The first-order valence-corrected chi connectivity index (χ1v) is 6.53. The monoisotopic (exact) mass is 287 g/mol. The lowest BCUT2D eigenvalue weighted by Crippen LogP contribution is -2.43. The normalized spacial score (nSPS) is 11.4. The number of hydrogen-bond donors (Lipinski definition) is 3. The summed E-state index contributed by atoms with van der Waals surface area (Å²) in [4.78, 5) is 21.5. The maximum absolute atomic E-state index is 12.1. The van der Waals surface area contributed by atoms with Crippen LogP contribution in [0.3, 0.4) is 0 Å². The van der Waals surface area contributed by atoms with Crippen LogP contribution in [0.4, 0.5) is 0 Å². The molecule has 5 N–H and O–H groups in total. The molecular weight excluding hydrogens is 274 g/mol. The number of amides is 2.